The molecule has 3 N–H and O–H groups in total. The second-order valence-corrected chi connectivity index (χ2v) is 9.32. The molecular weight excluding hydrogens is 444 g/mol. The topological polar surface area (TPSA) is 105 Å². The zero-order valence-electron chi connectivity index (χ0n) is 19.5. The zero-order chi connectivity index (χ0) is 24.8. The van der Waals surface area contributed by atoms with Crippen molar-refractivity contribution in [3.63, 3.8) is 0 Å². The van der Waals surface area contributed by atoms with E-state index in [4.69, 9.17) is 16.3 Å². The highest BCUT2D eigenvalue weighted by Crippen LogP contribution is 2.44. The van der Waals surface area contributed by atoms with Crippen molar-refractivity contribution in [2.45, 2.75) is 44.1 Å². The molecule has 0 heterocycles. The van der Waals surface area contributed by atoms with Gasteiger partial charge in [0.25, 0.3) is 0 Å². The van der Waals surface area contributed by atoms with Crippen LogP contribution in [0.25, 0.3) is 11.1 Å². The van der Waals surface area contributed by atoms with Gasteiger partial charge >= 0.3 is 12.1 Å². The van der Waals surface area contributed by atoms with Gasteiger partial charge in [-0.3, -0.25) is 4.79 Å². The number of nitrogens with one attached hydrogen (secondary N) is 2. The lowest BCUT2D eigenvalue weighted by molar-refractivity contribution is -0.141. The third-order valence-electron chi connectivity index (χ3n) is 6.96. The van der Waals surface area contributed by atoms with Crippen molar-refractivity contribution in [2.24, 2.45) is 11.8 Å². The second kappa shape index (κ2) is 11.1. The monoisotopic (exact) mass is 474 g/mol. The number of carboxylic acids is 1. The van der Waals surface area contributed by atoms with Gasteiger partial charge in [-0.2, -0.15) is 0 Å². The molecule has 0 bridgehead atoms. The molecule has 3 atom stereocenters. The molecule has 2 aromatic rings. The molecule has 0 aliphatic heterocycles. The van der Waals surface area contributed by atoms with Crippen LogP contribution >= 0.6 is 0 Å². The minimum Gasteiger partial charge on any atom is -0.480 e. The number of ether oxygens (including phenoxy) is 1. The quantitative estimate of drug-likeness (QED) is 0.478. The number of carboxylic acid groups (broad SMARTS) is 1. The van der Waals surface area contributed by atoms with Crippen molar-refractivity contribution >= 4 is 18.0 Å². The zero-order valence-corrected chi connectivity index (χ0v) is 19.5. The molecule has 1 fully saturated rings. The Morgan fingerprint density at radius 2 is 1.66 bits per heavy atom. The van der Waals surface area contributed by atoms with Crippen LogP contribution in [0.4, 0.5) is 4.79 Å². The molecule has 2 aliphatic rings. The Labute approximate surface area is 205 Å². The Hall–Kier alpha value is -3.79. The molecule has 3 unspecified atom stereocenters. The van der Waals surface area contributed by atoms with E-state index < -0.39 is 18.1 Å². The normalized spacial score (nSPS) is 19.2. The Morgan fingerprint density at radius 1 is 1.03 bits per heavy atom. The fourth-order valence-electron chi connectivity index (χ4n) is 5.26. The van der Waals surface area contributed by atoms with E-state index in [9.17, 15) is 14.4 Å². The summed E-state index contributed by atoms with van der Waals surface area (Å²) in [7, 11) is 0. The van der Waals surface area contributed by atoms with Crippen molar-refractivity contribution in [1.82, 2.24) is 10.6 Å². The molecule has 2 aromatic carbocycles. The van der Waals surface area contributed by atoms with Gasteiger partial charge < -0.3 is 20.5 Å². The van der Waals surface area contributed by atoms with Crippen LogP contribution in [0.5, 0.6) is 0 Å². The first kappa shape index (κ1) is 24.3. The van der Waals surface area contributed by atoms with E-state index >= 15 is 0 Å². The molecule has 182 valence electrons. The lowest BCUT2D eigenvalue weighted by Crippen LogP contribution is -2.41. The number of amides is 2. The molecule has 7 nitrogen and oxygen atoms in total. The van der Waals surface area contributed by atoms with Crippen molar-refractivity contribution in [3.8, 4) is 23.5 Å². The van der Waals surface area contributed by atoms with Crippen molar-refractivity contribution in [2.75, 3.05) is 13.2 Å². The molecule has 7 heteroatoms. The van der Waals surface area contributed by atoms with Crippen LogP contribution < -0.4 is 10.6 Å². The Bertz CT molecular complexity index is 1090. The van der Waals surface area contributed by atoms with Crippen LogP contribution in [0.2, 0.25) is 0 Å². The van der Waals surface area contributed by atoms with Gasteiger partial charge in [-0.15, -0.1) is 12.3 Å². The number of hydrogen-bond acceptors (Lipinski definition) is 4. The predicted molar refractivity (Wildman–Crippen MR) is 132 cm³/mol. The summed E-state index contributed by atoms with van der Waals surface area (Å²) in [5.41, 5.74) is 4.72. The average molecular weight is 475 g/mol. The Morgan fingerprint density at radius 3 is 2.29 bits per heavy atom. The van der Waals surface area contributed by atoms with Crippen molar-refractivity contribution in [3.05, 3.63) is 59.7 Å². The number of rotatable bonds is 9. The highest BCUT2D eigenvalue weighted by molar-refractivity contribution is 5.84. The number of hydrogen-bond donors (Lipinski definition) is 3. The van der Waals surface area contributed by atoms with Crippen LogP contribution in [-0.2, 0) is 14.3 Å². The van der Waals surface area contributed by atoms with E-state index in [1.54, 1.807) is 0 Å². The highest BCUT2D eigenvalue weighted by atomic mass is 16.5. The van der Waals surface area contributed by atoms with Crippen molar-refractivity contribution < 1.29 is 24.2 Å². The van der Waals surface area contributed by atoms with E-state index in [0.29, 0.717) is 6.54 Å². The Kier molecular flexibility index (Phi) is 7.71. The number of alkyl carbamates (subject to hydrolysis) is 1. The van der Waals surface area contributed by atoms with E-state index in [1.807, 2.05) is 24.3 Å². The molecule has 35 heavy (non-hydrogen) atoms. The first-order valence-corrected chi connectivity index (χ1v) is 12.0. The summed E-state index contributed by atoms with van der Waals surface area (Å²) in [5, 5.41) is 14.5. The lowest BCUT2D eigenvalue weighted by atomic mass is 9.98. The Balaban J connectivity index is 1.21. The number of benzene rings is 2. The van der Waals surface area contributed by atoms with Gasteiger partial charge in [0.05, 0.1) is 0 Å². The van der Waals surface area contributed by atoms with Gasteiger partial charge in [-0.1, -0.05) is 48.5 Å². The van der Waals surface area contributed by atoms with Crippen LogP contribution in [0.3, 0.4) is 0 Å². The van der Waals surface area contributed by atoms with Crippen LogP contribution in [0.15, 0.2) is 48.5 Å². The van der Waals surface area contributed by atoms with Crippen molar-refractivity contribution in [1.29, 1.82) is 0 Å². The summed E-state index contributed by atoms with van der Waals surface area (Å²) in [6.07, 6.45) is 7.50. The number of carbonyl (C=O) groups is 3. The third kappa shape index (κ3) is 5.83. The van der Waals surface area contributed by atoms with Crippen LogP contribution in [0, 0.1) is 24.2 Å². The summed E-state index contributed by atoms with van der Waals surface area (Å²) in [6.45, 7) is 0.763. The number of carbonyl (C=O) groups excluding carboxylic acids is 2. The molecule has 0 saturated heterocycles. The van der Waals surface area contributed by atoms with E-state index in [1.165, 1.54) is 22.3 Å². The molecule has 2 amide bonds. The van der Waals surface area contributed by atoms with Crippen LogP contribution in [0.1, 0.15) is 49.1 Å². The minimum absolute atomic E-state index is 0.0200. The van der Waals surface area contributed by atoms with Gasteiger partial charge in [0.15, 0.2) is 0 Å². The third-order valence-corrected chi connectivity index (χ3v) is 6.96. The van der Waals surface area contributed by atoms with Gasteiger partial charge in [0.2, 0.25) is 5.91 Å². The summed E-state index contributed by atoms with van der Waals surface area (Å²) in [5.74, 6) is 1.27. The average Bonchev–Trinajstić information content (AvgIpc) is 3.43. The molecule has 4 rings (SSSR count). The van der Waals surface area contributed by atoms with E-state index in [2.05, 4.69) is 40.8 Å². The highest BCUT2D eigenvalue weighted by Gasteiger charge is 2.30. The molecule has 1 saturated carbocycles. The second-order valence-electron chi connectivity index (χ2n) is 9.32. The molecule has 0 aromatic heterocycles. The summed E-state index contributed by atoms with van der Waals surface area (Å²) in [4.78, 5) is 35.8. The first-order valence-electron chi connectivity index (χ1n) is 12.0. The van der Waals surface area contributed by atoms with Gasteiger partial charge in [0, 0.05) is 25.3 Å². The standard InChI is InChI=1S/C28H30N2O5/c1-2-7-25(27(32)33)30-26(31)15-18-12-13-19(14-18)16-29-28(34)35-17-24-22-10-5-3-8-20(22)21-9-4-6-11-23(21)24/h1,3-6,8-11,18-19,24-25H,7,12-17H2,(H,29,34)(H,30,31)(H,32,33). The van der Waals surface area contributed by atoms with E-state index in [0.717, 1.165) is 19.3 Å². The molecule has 0 spiro atoms. The smallest absolute Gasteiger partial charge is 0.407 e. The maximum Gasteiger partial charge on any atom is 0.407 e. The van der Waals surface area contributed by atoms with E-state index in [-0.39, 0.29) is 43.1 Å². The maximum atomic E-state index is 12.4. The lowest BCUT2D eigenvalue weighted by Gasteiger charge is -2.16. The number of terminal acetylenes is 1. The molecule has 0 radical (unpaired) electrons. The van der Waals surface area contributed by atoms with Gasteiger partial charge in [-0.25, -0.2) is 9.59 Å². The molecule has 2 aliphatic carbocycles. The largest absolute Gasteiger partial charge is 0.480 e. The van der Waals surface area contributed by atoms with Crippen LogP contribution in [-0.4, -0.2) is 42.3 Å². The van der Waals surface area contributed by atoms with Gasteiger partial charge in [0.1, 0.15) is 12.6 Å². The summed E-state index contributed by atoms with van der Waals surface area (Å²) < 4.78 is 5.59. The number of fused-ring (bicyclic) bond motifs is 3. The fraction of sp³-hybridized carbons (Fsp3) is 0.393. The predicted octanol–water partition coefficient (Wildman–Crippen LogP) is 3.92. The summed E-state index contributed by atoms with van der Waals surface area (Å²) in [6, 6.07) is 15.4. The SMILES string of the molecule is C#CCC(NC(=O)CC1CCC(CNC(=O)OCC2c3ccccc3-c3ccccc32)C1)C(=O)O. The molecular formula is C28H30N2O5. The fourth-order valence-corrected chi connectivity index (χ4v) is 5.26. The van der Waals surface area contributed by atoms with Gasteiger partial charge in [-0.05, 0) is 53.4 Å². The summed E-state index contributed by atoms with van der Waals surface area (Å²) >= 11 is 0. The minimum atomic E-state index is -1.13. The number of aliphatic carboxylic acids is 1. The maximum absolute atomic E-state index is 12.4. The first-order chi connectivity index (χ1) is 17.0.